The molecule has 10 nitrogen and oxygen atoms in total. The second kappa shape index (κ2) is 39.6. The van der Waals surface area contributed by atoms with Crippen molar-refractivity contribution in [3.8, 4) is 40.4 Å². The number of benzene rings is 13. The van der Waals surface area contributed by atoms with Crippen LogP contribution in [0.5, 0.6) is 17.2 Å². The third-order valence-corrected chi connectivity index (χ3v) is 27.1. The van der Waals surface area contributed by atoms with Crippen LogP contribution in [-0.4, -0.2) is 47.2 Å². The Balaban J connectivity index is 0.536. The third kappa shape index (κ3) is 17.3. The zero-order valence-corrected chi connectivity index (χ0v) is 72.9. The summed E-state index contributed by atoms with van der Waals surface area (Å²) in [7, 11) is 0. The molecule has 0 aliphatic rings. The van der Waals surface area contributed by atoms with Crippen molar-refractivity contribution in [2.75, 3.05) is 19.8 Å². The first kappa shape index (κ1) is 82.2. The van der Waals surface area contributed by atoms with E-state index in [0.717, 1.165) is 158 Å². The van der Waals surface area contributed by atoms with E-state index in [1.54, 1.807) is 0 Å². The molecule has 0 saturated heterocycles. The largest absolute Gasteiger partial charge is 0.493 e. The number of nitriles is 1. The highest BCUT2D eigenvalue weighted by Crippen LogP contribution is 2.46. The predicted octanol–water partition coefficient (Wildman–Crippen LogP) is 32.1. The summed E-state index contributed by atoms with van der Waals surface area (Å²) < 4.78 is 35.6. The molecule has 0 radical (unpaired) electrons. The summed E-state index contributed by atoms with van der Waals surface area (Å²) >= 11 is 0. The second-order valence-corrected chi connectivity index (χ2v) is 35.2. The van der Waals surface area contributed by atoms with Gasteiger partial charge < -0.3 is 41.6 Å². The summed E-state index contributed by atoms with van der Waals surface area (Å²) in [5, 5.41) is 26.9. The summed E-state index contributed by atoms with van der Waals surface area (Å²) in [5.74, 6) is 2.62. The highest BCUT2D eigenvalue weighted by molar-refractivity contribution is 6.16. The molecule has 0 N–H and O–H groups in total. The van der Waals surface area contributed by atoms with E-state index in [1.165, 1.54) is 220 Å². The molecule has 0 fully saturated rings. The molecule has 0 amide bonds. The van der Waals surface area contributed by atoms with Gasteiger partial charge >= 0.3 is 0 Å². The maximum atomic E-state index is 12.3. The Morgan fingerprint density at radius 1 is 0.200 bits per heavy atom. The smallest absolute Gasteiger partial charge is 0.129 e. The summed E-state index contributed by atoms with van der Waals surface area (Å²) in [6.07, 6.45) is 36.7. The molecule has 6 heterocycles. The van der Waals surface area contributed by atoms with Crippen LogP contribution in [0.2, 0.25) is 0 Å². The normalized spacial score (nSPS) is 12.0. The Bertz CT molecular complexity index is 6550. The van der Waals surface area contributed by atoms with Gasteiger partial charge in [0.05, 0.1) is 70.0 Å². The number of hydrogen-bond donors (Lipinski definition) is 0. The van der Waals surface area contributed by atoms with Gasteiger partial charge in [-0.2, -0.15) is 5.26 Å². The highest BCUT2D eigenvalue weighted by Gasteiger charge is 2.27. The molecule has 632 valence electrons. The number of unbranched alkanes of at least 4 members (excludes halogenated alkanes) is 27. The van der Waals surface area contributed by atoms with Crippen LogP contribution < -0.4 is 14.2 Å². The molecule has 6 aromatic heterocycles. The molecule has 10 heteroatoms. The van der Waals surface area contributed by atoms with E-state index in [9.17, 15) is 5.26 Å². The molecule has 0 aliphatic carbocycles. The minimum absolute atomic E-state index is 0.565. The fraction of sp³-hybridized carbons (Fsp3) is 0.313. The summed E-state index contributed by atoms with van der Waals surface area (Å²) in [6.45, 7) is 5.13. The number of para-hydroxylation sites is 9. The van der Waals surface area contributed by atoms with Crippen LogP contribution in [0, 0.1) is 11.3 Å². The molecule has 0 unspecified atom stereocenters. The van der Waals surface area contributed by atoms with Crippen LogP contribution in [0.15, 0.2) is 285 Å². The number of aromatic nitrogens is 6. The van der Waals surface area contributed by atoms with Crippen LogP contribution in [-0.2, 0) is 19.6 Å². The Morgan fingerprint density at radius 3 is 0.672 bits per heavy atom. The topological polar surface area (TPSA) is 81.1 Å². The monoisotopic (exact) mass is 1650 g/mol. The van der Waals surface area contributed by atoms with Gasteiger partial charge in [-0.15, -0.1) is 0 Å². The maximum absolute atomic E-state index is 12.3. The molecule has 0 bridgehead atoms. The van der Waals surface area contributed by atoms with Gasteiger partial charge in [0.1, 0.15) is 28.9 Å². The lowest BCUT2D eigenvalue weighted by Gasteiger charge is -2.19. The van der Waals surface area contributed by atoms with Crippen molar-refractivity contribution in [1.29, 1.82) is 5.26 Å². The van der Waals surface area contributed by atoms with Gasteiger partial charge in [0, 0.05) is 117 Å². The van der Waals surface area contributed by atoms with E-state index < -0.39 is 0 Å². The van der Waals surface area contributed by atoms with Crippen molar-refractivity contribution >= 4 is 131 Å². The number of aryl methyl sites for hydroxylation is 3. The lowest BCUT2D eigenvalue weighted by Crippen LogP contribution is -2.07. The summed E-state index contributed by atoms with van der Waals surface area (Å²) in [5.41, 5.74) is 17.3. The average molecular weight is 1650 g/mol. The molecule has 19 aromatic rings. The molecule has 19 rings (SSSR count). The first-order chi connectivity index (χ1) is 62.2. The lowest BCUT2D eigenvalue weighted by molar-refractivity contribution is 0.307. The lowest BCUT2D eigenvalue weighted by atomic mass is 10.1. The second-order valence-electron chi connectivity index (χ2n) is 35.2. The number of rotatable bonds is 45. The van der Waals surface area contributed by atoms with Crippen molar-refractivity contribution in [2.24, 2.45) is 0 Å². The van der Waals surface area contributed by atoms with Crippen molar-refractivity contribution in [2.45, 2.75) is 212 Å². The van der Waals surface area contributed by atoms with Crippen LogP contribution in [0.25, 0.3) is 148 Å². The molecule has 13 aromatic carbocycles. The Morgan fingerprint density at radius 2 is 0.408 bits per heavy atom. The minimum Gasteiger partial charge on any atom is -0.493 e. The van der Waals surface area contributed by atoms with Crippen molar-refractivity contribution in [3.05, 3.63) is 291 Å². The van der Waals surface area contributed by atoms with E-state index in [0.29, 0.717) is 25.4 Å². The van der Waals surface area contributed by atoms with Crippen LogP contribution in [0.1, 0.15) is 198 Å². The van der Waals surface area contributed by atoms with E-state index in [1.807, 2.05) is 0 Å². The fourth-order valence-corrected chi connectivity index (χ4v) is 20.9. The molecule has 0 spiro atoms. The number of nitrogens with zero attached hydrogens (tertiary/aromatic N) is 7. The van der Waals surface area contributed by atoms with Gasteiger partial charge in [-0.05, 0) is 142 Å². The maximum Gasteiger partial charge on any atom is 0.129 e. The van der Waals surface area contributed by atoms with Crippen LogP contribution >= 0.6 is 0 Å². The Kier molecular flexibility index (Phi) is 26.0. The van der Waals surface area contributed by atoms with Gasteiger partial charge in [0.2, 0.25) is 0 Å². The van der Waals surface area contributed by atoms with Gasteiger partial charge in [-0.1, -0.05) is 336 Å². The number of fused-ring (bicyclic) bond motifs is 18. The zero-order valence-electron chi connectivity index (χ0n) is 72.9. The predicted molar refractivity (Wildman–Crippen MR) is 528 cm³/mol. The molecule has 0 aliphatic heterocycles. The number of hydrogen-bond acceptors (Lipinski definition) is 4. The molecule has 0 saturated carbocycles. The van der Waals surface area contributed by atoms with Crippen molar-refractivity contribution in [3.63, 3.8) is 0 Å². The summed E-state index contributed by atoms with van der Waals surface area (Å²) in [6, 6.07) is 106. The third-order valence-electron chi connectivity index (χ3n) is 27.1. The zero-order chi connectivity index (χ0) is 83.9. The van der Waals surface area contributed by atoms with Crippen molar-refractivity contribution in [1.82, 2.24) is 27.4 Å². The van der Waals surface area contributed by atoms with Gasteiger partial charge in [-0.3, -0.25) is 0 Å². The van der Waals surface area contributed by atoms with Crippen LogP contribution in [0.4, 0.5) is 0 Å². The van der Waals surface area contributed by atoms with E-state index in [-0.39, 0.29) is 0 Å². The molecular formula is C115H119N7O3. The highest BCUT2D eigenvalue weighted by atomic mass is 16.5. The number of ether oxygens (including phenoxy) is 3. The molecule has 0 atom stereocenters. The standard InChI is InChI=1S/C115H119N7O3/c116-84-95-108(121-103-68-41-32-59-93(103)114-106(121)71-50-74-111(114)124-80-47-23-17-11-5-2-8-14-20-44-77-118-98-63-36-27-54-88(98)89-55-28-37-64-99(89)118)82-85(120-102-67-40-31-58-92(102)113-105(120)70-49-73-110(113)123-79-46-22-16-10-4-1-7-13-19-43-76-117-96-61-34-25-52-86(96)87-53-26-35-62-97(87)117)83-109(95)122-104-69-42-33-60-94(104)115-107(122)72-51-75-112(115)125-81-48-24-18-12-6-3-9-15-21-45-78-119-100-65-38-29-56-90(100)91-57-30-39-66-101(91)119/h25-42,49-75,82-83H,1-24,43-48,76-81H2. The average Bonchev–Trinajstić information content (AvgIpc) is 1.57. The van der Waals surface area contributed by atoms with Gasteiger partial charge in [0.25, 0.3) is 0 Å². The first-order valence-corrected chi connectivity index (χ1v) is 47.6. The molecule has 125 heavy (non-hydrogen) atoms. The first-order valence-electron chi connectivity index (χ1n) is 47.6. The SMILES string of the molecule is N#Cc1c(-n2c3ccccc3c3c(OCCCCCCCCCCCCn4c5ccccc5c5ccccc54)cccc32)cc(-n2c3ccccc3c3c(OCCCCCCCCCCCCn4c5ccccc5c5ccccc54)cccc32)cc1-n1c2ccccc2c2c(OCCCCCCCCCCCCn3c4ccccc4c4ccccc43)cccc21. The Hall–Kier alpha value is -12.5. The quantitative estimate of drug-likeness (QED) is 0.0356. The minimum atomic E-state index is 0.565. The molecular weight excluding hydrogens is 1530 g/mol. The summed E-state index contributed by atoms with van der Waals surface area (Å²) in [4.78, 5) is 0. The van der Waals surface area contributed by atoms with E-state index in [4.69, 9.17) is 14.2 Å². The van der Waals surface area contributed by atoms with E-state index >= 15 is 0 Å². The fourth-order valence-electron chi connectivity index (χ4n) is 20.9. The van der Waals surface area contributed by atoms with E-state index in [2.05, 4.69) is 319 Å². The van der Waals surface area contributed by atoms with Crippen molar-refractivity contribution < 1.29 is 14.2 Å². The van der Waals surface area contributed by atoms with Gasteiger partial charge in [0.15, 0.2) is 0 Å². The van der Waals surface area contributed by atoms with Gasteiger partial charge in [-0.25, -0.2) is 0 Å². The van der Waals surface area contributed by atoms with Crippen LogP contribution in [0.3, 0.4) is 0 Å². The Labute approximate surface area is 736 Å².